The average Bonchev–Trinajstić information content (AvgIpc) is 2.40. The van der Waals surface area contributed by atoms with Crippen LogP contribution in [0.4, 0.5) is 4.39 Å². The maximum atomic E-state index is 13.3. The number of hydrogen-bond acceptors (Lipinski definition) is 2. The minimum Gasteiger partial charge on any atom is -0.478 e. The van der Waals surface area contributed by atoms with Gasteiger partial charge in [-0.1, -0.05) is 25.5 Å². The van der Waals surface area contributed by atoms with Gasteiger partial charge in [0.1, 0.15) is 5.82 Å². The molecule has 0 aliphatic heterocycles. The fourth-order valence-corrected chi connectivity index (χ4v) is 2.19. The van der Waals surface area contributed by atoms with E-state index in [2.05, 4.69) is 4.98 Å². The predicted molar refractivity (Wildman–Crippen MR) is 75.3 cm³/mol. The number of carboxylic acids is 1. The zero-order valence-electron chi connectivity index (χ0n) is 11.5. The van der Waals surface area contributed by atoms with Crippen molar-refractivity contribution in [3.05, 3.63) is 53.0 Å². The number of pyridine rings is 1. The molecule has 1 aromatic heterocycles. The number of rotatable bonds is 4. The van der Waals surface area contributed by atoms with E-state index in [0.29, 0.717) is 23.4 Å². The second kappa shape index (κ2) is 5.82. The quantitative estimate of drug-likeness (QED) is 0.920. The third-order valence-electron chi connectivity index (χ3n) is 3.11. The van der Waals surface area contributed by atoms with Gasteiger partial charge in [-0.25, -0.2) is 9.18 Å². The van der Waals surface area contributed by atoms with Crippen molar-refractivity contribution in [2.45, 2.75) is 26.7 Å². The second-order valence-corrected chi connectivity index (χ2v) is 4.71. The monoisotopic (exact) mass is 273 g/mol. The normalized spacial score (nSPS) is 10.6. The summed E-state index contributed by atoms with van der Waals surface area (Å²) in [5.41, 5.74) is 2.80. The van der Waals surface area contributed by atoms with E-state index in [-0.39, 0.29) is 11.4 Å². The first-order valence-electron chi connectivity index (χ1n) is 6.52. The molecule has 1 heterocycles. The van der Waals surface area contributed by atoms with Crippen molar-refractivity contribution in [3.63, 3.8) is 0 Å². The van der Waals surface area contributed by atoms with Crippen LogP contribution in [0.25, 0.3) is 11.3 Å². The summed E-state index contributed by atoms with van der Waals surface area (Å²) >= 11 is 0. The highest BCUT2D eigenvalue weighted by atomic mass is 19.1. The lowest BCUT2D eigenvalue weighted by Crippen LogP contribution is -2.07. The van der Waals surface area contributed by atoms with Crippen LogP contribution in [0.15, 0.2) is 30.3 Å². The van der Waals surface area contributed by atoms with Crippen molar-refractivity contribution in [3.8, 4) is 11.3 Å². The van der Waals surface area contributed by atoms with Crippen molar-refractivity contribution in [1.29, 1.82) is 0 Å². The lowest BCUT2D eigenvalue weighted by atomic mass is 10.0. The van der Waals surface area contributed by atoms with Gasteiger partial charge in [0.25, 0.3) is 0 Å². The van der Waals surface area contributed by atoms with E-state index in [1.54, 1.807) is 25.1 Å². The Balaban J connectivity index is 2.60. The van der Waals surface area contributed by atoms with Gasteiger partial charge in [0.15, 0.2) is 0 Å². The topological polar surface area (TPSA) is 50.2 Å². The molecule has 0 aliphatic rings. The molecule has 0 atom stereocenters. The molecule has 1 N–H and O–H groups in total. The molecule has 0 saturated carbocycles. The molecule has 3 nitrogen and oxygen atoms in total. The molecule has 2 rings (SSSR count). The van der Waals surface area contributed by atoms with E-state index in [9.17, 15) is 14.3 Å². The van der Waals surface area contributed by atoms with E-state index in [0.717, 1.165) is 12.0 Å². The largest absolute Gasteiger partial charge is 0.478 e. The van der Waals surface area contributed by atoms with Crippen molar-refractivity contribution >= 4 is 5.97 Å². The molecule has 104 valence electrons. The Kier molecular flexibility index (Phi) is 4.13. The van der Waals surface area contributed by atoms with Gasteiger partial charge in [0, 0.05) is 5.56 Å². The summed E-state index contributed by atoms with van der Waals surface area (Å²) < 4.78 is 13.3. The number of aromatic carboxylic acids is 1. The van der Waals surface area contributed by atoms with Gasteiger partial charge < -0.3 is 5.11 Å². The Bertz CT molecular complexity index is 653. The highest BCUT2D eigenvalue weighted by molar-refractivity contribution is 5.89. The molecule has 20 heavy (non-hydrogen) atoms. The molecule has 0 unspecified atom stereocenters. The SMILES string of the molecule is CCCc1nc(-c2cccc(F)c2)c(C)cc1C(=O)O. The Hall–Kier alpha value is -2.23. The first-order valence-corrected chi connectivity index (χ1v) is 6.52. The Morgan fingerprint density at radius 3 is 2.70 bits per heavy atom. The lowest BCUT2D eigenvalue weighted by Gasteiger charge is -2.11. The van der Waals surface area contributed by atoms with Crippen LogP contribution in [0.3, 0.4) is 0 Å². The first-order chi connectivity index (χ1) is 9.52. The summed E-state index contributed by atoms with van der Waals surface area (Å²) in [4.78, 5) is 15.7. The molecule has 0 fully saturated rings. The summed E-state index contributed by atoms with van der Waals surface area (Å²) in [7, 11) is 0. The minimum atomic E-state index is -0.977. The Labute approximate surface area is 117 Å². The second-order valence-electron chi connectivity index (χ2n) is 4.71. The third kappa shape index (κ3) is 2.85. The fraction of sp³-hybridized carbons (Fsp3) is 0.250. The highest BCUT2D eigenvalue weighted by Crippen LogP contribution is 2.25. The fourth-order valence-electron chi connectivity index (χ4n) is 2.19. The van der Waals surface area contributed by atoms with E-state index in [1.165, 1.54) is 12.1 Å². The van der Waals surface area contributed by atoms with Crippen molar-refractivity contribution < 1.29 is 14.3 Å². The molecule has 0 amide bonds. The summed E-state index contributed by atoms with van der Waals surface area (Å²) in [6, 6.07) is 7.79. The van der Waals surface area contributed by atoms with Crippen LogP contribution in [-0.4, -0.2) is 16.1 Å². The molecular weight excluding hydrogens is 257 g/mol. The molecular formula is C16H16FNO2. The number of halogens is 1. The van der Waals surface area contributed by atoms with E-state index in [4.69, 9.17) is 0 Å². The van der Waals surface area contributed by atoms with Crippen molar-refractivity contribution in [1.82, 2.24) is 4.98 Å². The first kappa shape index (κ1) is 14.2. The molecule has 0 bridgehead atoms. The Morgan fingerprint density at radius 2 is 2.10 bits per heavy atom. The standard InChI is InChI=1S/C16H16FNO2/c1-3-5-14-13(16(19)20)8-10(2)15(18-14)11-6-4-7-12(17)9-11/h4,6-9H,3,5H2,1-2H3,(H,19,20). The number of carbonyl (C=O) groups is 1. The van der Waals surface area contributed by atoms with E-state index in [1.807, 2.05) is 6.92 Å². The molecule has 0 saturated heterocycles. The molecule has 4 heteroatoms. The van der Waals surface area contributed by atoms with Crippen molar-refractivity contribution in [2.75, 3.05) is 0 Å². The van der Waals surface area contributed by atoms with Crippen LogP contribution in [0, 0.1) is 12.7 Å². The van der Waals surface area contributed by atoms with Gasteiger partial charge in [-0.15, -0.1) is 0 Å². The van der Waals surface area contributed by atoms with Crippen molar-refractivity contribution in [2.24, 2.45) is 0 Å². The van der Waals surface area contributed by atoms with Gasteiger partial charge in [-0.2, -0.15) is 0 Å². The van der Waals surface area contributed by atoms with Gasteiger partial charge in [0.2, 0.25) is 0 Å². The summed E-state index contributed by atoms with van der Waals surface area (Å²) in [6.07, 6.45) is 1.39. The van der Waals surface area contributed by atoms with Crippen LogP contribution in [0.5, 0.6) is 0 Å². The number of hydrogen-bond donors (Lipinski definition) is 1. The van der Waals surface area contributed by atoms with Crippen LogP contribution in [0.2, 0.25) is 0 Å². The maximum Gasteiger partial charge on any atom is 0.337 e. The summed E-state index contributed by atoms with van der Waals surface area (Å²) in [6.45, 7) is 3.75. The molecule has 0 radical (unpaired) electrons. The van der Waals surface area contributed by atoms with Crippen LogP contribution in [-0.2, 0) is 6.42 Å². The molecule has 0 aliphatic carbocycles. The maximum absolute atomic E-state index is 13.3. The van der Waals surface area contributed by atoms with Gasteiger partial charge >= 0.3 is 5.97 Å². The minimum absolute atomic E-state index is 0.226. The lowest BCUT2D eigenvalue weighted by molar-refractivity contribution is 0.0695. The number of aromatic nitrogens is 1. The highest BCUT2D eigenvalue weighted by Gasteiger charge is 2.15. The summed E-state index contributed by atoms with van der Waals surface area (Å²) in [5, 5.41) is 9.22. The predicted octanol–water partition coefficient (Wildman–Crippen LogP) is 3.85. The number of benzene rings is 1. The number of nitrogens with zero attached hydrogens (tertiary/aromatic N) is 1. The number of carboxylic acid groups (broad SMARTS) is 1. The summed E-state index contributed by atoms with van der Waals surface area (Å²) in [5.74, 6) is -1.31. The number of aryl methyl sites for hydroxylation is 2. The Morgan fingerprint density at radius 1 is 1.35 bits per heavy atom. The molecule has 1 aromatic carbocycles. The zero-order valence-corrected chi connectivity index (χ0v) is 11.5. The molecule has 0 spiro atoms. The van der Waals surface area contributed by atoms with Crippen LogP contribution >= 0.6 is 0 Å². The van der Waals surface area contributed by atoms with E-state index < -0.39 is 5.97 Å². The van der Waals surface area contributed by atoms with Gasteiger partial charge in [0.05, 0.1) is 17.0 Å². The zero-order chi connectivity index (χ0) is 14.7. The van der Waals surface area contributed by atoms with Crippen LogP contribution < -0.4 is 0 Å². The smallest absolute Gasteiger partial charge is 0.337 e. The van der Waals surface area contributed by atoms with Gasteiger partial charge in [-0.05, 0) is 37.1 Å². The molecule has 2 aromatic rings. The average molecular weight is 273 g/mol. The van der Waals surface area contributed by atoms with Gasteiger partial charge in [-0.3, -0.25) is 4.98 Å². The van der Waals surface area contributed by atoms with Crippen LogP contribution in [0.1, 0.15) is 35.0 Å². The van der Waals surface area contributed by atoms with E-state index >= 15 is 0 Å². The third-order valence-corrected chi connectivity index (χ3v) is 3.11.